The minimum atomic E-state index is -0.637. The molecule has 1 aromatic heterocycles. The third-order valence-corrected chi connectivity index (χ3v) is 3.68. The first-order valence-electron chi connectivity index (χ1n) is 7.95. The third kappa shape index (κ3) is 5.26. The van der Waals surface area contributed by atoms with Crippen LogP contribution in [0.25, 0.3) is 6.08 Å². The Morgan fingerprint density at radius 1 is 1.12 bits per heavy atom. The fourth-order valence-corrected chi connectivity index (χ4v) is 2.50. The second-order valence-corrected chi connectivity index (χ2v) is 5.90. The highest BCUT2D eigenvalue weighted by Gasteiger charge is 2.24. The molecule has 0 spiro atoms. The van der Waals surface area contributed by atoms with E-state index in [1.54, 1.807) is 12.1 Å². The summed E-state index contributed by atoms with van der Waals surface area (Å²) in [4.78, 5) is 27.7. The zero-order valence-corrected chi connectivity index (χ0v) is 14.1. The Labute approximate surface area is 146 Å². The van der Waals surface area contributed by atoms with Crippen LogP contribution in [0.1, 0.15) is 31.0 Å². The zero-order valence-electron chi connectivity index (χ0n) is 14.1. The van der Waals surface area contributed by atoms with Crippen LogP contribution in [0.4, 0.5) is 5.69 Å². The van der Waals surface area contributed by atoms with Gasteiger partial charge in [-0.1, -0.05) is 44.2 Å². The van der Waals surface area contributed by atoms with Crippen LogP contribution in [-0.2, 0) is 9.59 Å². The van der Waals surface area contributed by atoms with E-state index < -0.39 is 5.91 Å². The molecule has 0 aliphatic heterocycles. The summed E-state index contributed by atoms with van der Waals surface area (Å²) >= 11 is 0. The number of anilines is 1. The first kappa shape index (κ1) is 18.4. The van der Waals surface area contributed by atoms with Crippen LogP contribution in [0.3, 0.4) is 0 Å². The van der Waals surface area contributed by atoms with Crippen LogP contribution in [0.5, 0.6) is 0 Å². The van der Waals surface area contributed by atoms with Gasteiger partial charge in [0.1, 0.15) is 0 Å². The van der Waals surface area contributed by atoms with Gasteiger partial charge < -0.3 is 5.32 Å². The number of pyridine rings is 1. The molecule has 1 atom stereocenters. The van der Waals surface area contributed by atoms with Gasteiger partial charge in [0, 0.05) is 6.08 Å². The van der Waals surface area contributed by atoms with Crippen LogP contribution in [-0.4, -0.2) is 22.0 Å². The highest BCUT2D eigenvalue weighted by Crippen LogP contribution is 2.26. The minimum absolute atomic E-state index is 0.0917. The maximum absolute atomic E-state index is 12.7. The molecular weight excluding hydrogens is 318 g/mol. The predicted octanol–water partition coefficient (Wildman–Crippen LogP) is 2.98. The van der Waals surface area contributed by atoms with Crippen molar-refractivity contribution in [2.45, 2.75) is 19.8 Å². The molecule has 2 aromatic rings. The molecule has 1 unspecified atom stereocenters. The highest BCUT2D eigenvalue weighted by molar-refractivity contribution is 5.96. The number of nitrogens with zero attached hydrogens (tertiary/aromatic N) is 1. The lowest BCUT2D eigenvalue weighted by Crippen LogP contribution is -2.25. The molecule has 0 aliphatic carbocycles. The Morgan fingerprint density at radius 2 is 1.84 bits per heavy atom. The topological polar surface area (TPSA) is 91.3 Å². The molecule has 6 nitrogen and oxygen atoms in total. The Morgan fingerprint density at radius 3 is 2.40 bits per heavy atom. The van der Waals surface area contributed by atoms with Gasteiger partial charge in [-0.15, -0.1) is 0 Å². The maximum Gasteiger partial charge on any atom is 0.267 e. The van der Waals surface area contributed by atoms with Crippen LogP contribution in [0, 0.1) is 5.92 Å². The third-order valence-electron chi connectivity index (χ3n) is 3.68. The molecule has 25 heavy (non-hydrogen) atoms. The fourth-order valence-electron chi connectivity index (χ4n) is 2.50. The van der Waals surface area contributed by atoms with Gasteiger partial charge in [-0.3, -0.25) is 19.8 Å². The number of rotatable bonds is 6. The monoisotopic (exact) mass is 339 g/mol. The van der Waals surface area contributed by atoms with Crippen LogP contribution < -0.4 is 10.8 Å². The van der Waals surface area contributed by atoms with Gasteiger partial charge in [-0.2, -0.15) is 0 Å². The molecule has 0 fully saturated rings. The summed E-state index contributed by atoms with van der Waals surface area (Å²) in [6.07, 6.45) is 4.14. The Kier molecular flexibility index (Phi) is 6.42. The van der Waals surface area contributed by atoms with Gasteiger partial charge in [0.2, 0.25) is 5.91 Å². The van der Waals surface area contributed by atoms with Crippen molar-refractivity contribution in [3.63, 3.8) is 0 Å². The lowest BCUT2D eigenvalue weighted by Gasteiger charge is -2.20. The molecule has 1 heterocycles. The zero-order chi connectivity index (χ0) is 18.2. The van der Waals surface area contributed by atoms with Crippen LogP contribution >= 0.6 is 0 Å². The quantitative estimate of drug-likeness (QED) is 0.429. The number of carbonyl (C=O) groups excluding carboxylic acids is 2. The van der Waals surface area contributed by atoms with Gasteiger partial charge in [-0.05, 0) is 29.7 Å². The van der Waals surface area contributed by atoms with Crippen molar-refractivity contribution in [1.29, 1.82) is 0 Å². The molecule has 3 N–H and O–H groups in total. The first-order valence-corrected chi connectivity index (χ1v) is 7.95. The van der Waals surface area contributed by atoms with Gasteiger partial charge in [0.05, 0.1) is 23.5 Å². The molecule has 2 amide bonds. The van der Waals surface area contributed by atoms with Crippen molar-refractivity contribution in [1.82, 2.24) is 10.5 Å². The van der Waals surface area contributed by atoms with Crippen molar-refractivity contribution in [3.8, 4) is 0 Å². The van der Waals surface area contributed by atoms with Gasteiger partial charge >= 0.3 is 0 Å². The second kappa shape index (κ2) is 8.75. The van der Waals surface area contributed by atoms with Crippen LogP contribution in [0.15, 0.2) is 54.7 Å². The fraction of sp³-hybridized carbons (Fsp3) is 0.211. The van der Waals surface area contributed by atoms with E-state index in [2.05, 4.69) is 10.3 Å². The average molecular weight is 339 g/mol. The molecule has 0 saturated carbocycles. The van der Waals surface area contributed by atoms with Crippen molar-refractivity contribution in [2.24, 2.45) is 5.92 Å². The Hall–Kier alpha value is -2.99. The largest absolute Gasteiger partial charge is 0.324 e. The van der Waals surface area contributed by atoms with E-state index in [9.17, 15) is 9.59 Å². The number of hydrogen-bond acceptors (Lipinski definition) is 4. The first-order chi connectivity index (χ1) is 12.0. The van der Waals surface area contributed by atoms with Crippen molar-refractivity contribution in [2.75, 3.05) is 5.32 Å². The average Bonchev–Trinajstić information content (AvgIpc) is 2.61. The van der Waals surface area contributed by atoms with E-state index in [4.69, 9.17) is 5.21 Å². The number of aromatic nitrogens is 1. The van der Waals surface area contributed by atoms with Gasteiger partial charge in [0.25, 0.3) is 5.91 Å². The van der Waals surface area contributed by atoms with Crippen molar-refractivity contribution < 1.29 is 14.8 Å². The molecule has 0 saturated heterocycles. The second-order valence-electron chi connectivity index (χ2n) is 5.90. The normalized spacial score (nSPS) is 12.2. The number of hydroxylamine groups is 1. The summed E-state index contributed by atoms with van der Waals surface area (Å²) in [7, 11) is 0. The van der Waals surface area contributed by atoms with E-state index >= 15 is 0 Å². The number of hydrogen-bond donors (Lipinski definition) is 3. The molecule has 1 aromatic carbocycles. The lowest BCUT2D eigenvalue weighted by molar-refractivity contribution is -0.124. The maximum atomic E-state index is 12.7. The Bertz CT molecular complexity index is 740. The SMILES string of the molecule is CC(C)C(C(=O)Nc1ccc(/C=C/C(=O)NO)nc1)c1ccccc1. The van der Waals surface area contributed by atoms with Gasteiger partial charge in [-0.25, -0.2) is 5.48 Å². The molecule has 6 heteroatoms. The summed E-state index contributed by atoms with van der Waals surface area (Å²) in [6, 6.07) is 13.0. The van der Waals surface area contributed by atoms with Crippen LogP contribution in [0.2, 0.25) is 0 Å². The van der Waals surface area contributed by atoms with E-state index in [1.807, 2.05) is 44.2 Å². The number of amides is 2. The lowest BCUT2D eigenvalue weighted by atomic mass is 9.87. The molecule has 130 valence electrons. The van der Waals surface area contributed by atoms with E-state index in [-0.39, 0.29) is 17.7 Å². The summed E-state index contributed by atoms with van der Waals surface area (Å²) < 4.78 is 0. The Balaban J connectivity index is 2.08. The molecule has 0 aliphatic rings. The summed E-state index contributed by atoms with van der Waals surface area (Å²) in [5.74, 6) is -0.837. The molecule has 2 rings (SSSR count). The highest BCUT2D eigenvalue weighted by atomic mass is 16.5. The van der Waals surface area contributed by atoms with Crippen molar-refractivity contribution >= 4 is 23.6 Å². The van der Waals surface area contributed by atoms with Crippen molar-refractivity contribution in [3.05, 3.63) is 66.0 Å². The molecule has 0 bridgehead atoms. The predicted molar refractivity (Wildman–Crippen MR) is 95.9 cm³/mol. The van der Waals surface area contributed by atoms with Gasteiger partial charge in [0.15, 0.2) is 0 Å². The summed E-state index contributed by atoms with van der Waals surface area (Å²) in [5.41, 5.74) is 3.58. The standard InChI is InChI=1S/C19H21N3O3/c1-13(2)18(14-6-4-3-5-7-14)19(24)21-16-9-8-15(20-12-16)10-11-17(23)22-25/h3-13,18,25H,1-2H3,(H,21,24)(H,22,23)/b11-10+. The molecular formula is C19H21N3O3. The molecule has 0 radical (unpaired) electrons. The number of nitrogens with one attached hydrogen (secondary N) is 2. The van der Waals surface area contributed by atoms with E-state index in [0.29, 0.717) is 11.4 Å². The summed E-state index contributed by atoms with van der Waals surface area (Å²) in [5, 5.41) is 11.3. The van der Waals surface area contributed by atoms with E-state index in [0.717, 1.165) is 11.6 Å². The minimum Gasteiger partial charge on any atom is -0.324 e. The van der Waals surface area contributed by atoms with E-state index in [1.165, 1.54) is 17.8 Å². The summed E-state index contributed by atoms with van der Waals surface area (Å²) in [6.45, 7) is 4.02. The smallest absolute Gasteiger partial charge is 0.267 e. The number of benzene rings is 1. The number of carbonyl (C=O) groups is 2.